The number of hydrogen-bond donors (Lipinski definition) is 1. The Balaban J connectivity index is 0.000000810. The average Bonchev–Trinajstić information content (AvgIpc) is 2.13. The van der Waals surface area contributed by atoms with E-state index in [0.29, 0.717) is 4.90 Å². The first-order chi connectivity index (χ1) is 4.22. The molecule has 1 unspecified atom stereocenters. The molecule has 0 saturated carbocycles. The molecule has 0 spiro atoms. The van der Waals surface area contributed by atoms with Gasteiger partial charge in [0.25, 0.3) is 0 Å². The SMILES string of the molecule is Cc1cscc1S(=O)O.[LiH]. The molecule has 0 amide bonds. The summed E-state index contributed by atoms with van der Waals surface area (Å²) < 4.78 is 19.0. The summed E-state index contributed by atoms with van der Waals surface area (Å²) in [7, 11) is 0. The predicted octanol–water partition coefficient (Wildman–Crippen LogP) is 0.989. The second-order valence-electron chi connectivity index (χ2n) is 1.67. The Labute approximate surface area is 78.1 Å². The number of aryl methyl sites for hydroxylation is 1. The van der Waals surface area contributed by atoms with Crippen LogP contribution in [0.5, 0.6) is 0 Å². The Kier molecular flexibility index (Phi) is 4.50. The van der Waals surface area contributed by atoms with Gasteiger partial charge in [0.15, 0.2) is 11.1 Å². The van der Waals surface area contributed by atoms with Crippen LogP contribution in [0.1, 0.15) is 5.56 Å². The van der Waals surface area contributed by atoms with E-state index in [4.69, 9.17) is 4.55 Å². The van der Waals surface area contributed by atoms with Crippen LogP contribution in [0.2, 0.25) is 0 Å². The molecule has 1 heterocycles. The fourth-order valence-electron chi connectivity index (χ4n) is 0.528. The zero-order valence-corrected chi connectivity index (χ0v) is 6.46. The van der Waals surface area contributed by atoms with E-state index in [9.17, 15) is 4.21 Å². The Morgan fingerprint density at radius 1 is 1.60 bits per heavy atom. The molecule has 0 radical (unpaired) electrons. The Bertz CT molecular complexity index is 233. The van der Waals surface area contributed by atoms with Gasteiger partial charge in [-0.25, -0.2) is 4.21 Å². The molecular weight excluding hydrogens is 163 g/mol. The van der Waals surface area contributed by atoms with Gasteiger partial charge in [0, 0.05) is 5.38 Å². The fraction of sp³-hybridized carbons (Fsp3) is 0.200. The second kappa shape index (κ2) is 4.32. The number of hydrogen-bond acceptors (Lipinski definition) is 2. The van der Waals surface area contributed by atoms with E-state index in [1.54, 1.807) is 5.38 Å². The Morgan fingerprint density at radius 2 is 2.20 bits per heavy atom. The van der Waals surface area contributed by atoms with E-state index in [0.717, 1.165) is 5.56 Å². The zero-order valence-electron chi connectivity index (χ0n) is 4.83. The molecule has 0 aliphatic rings. The van der Waals surface area contributed by atoms with Gasteiger partial charge in [0.05, 0.1) is 4.90 Å². The number of thiophene rings is 1. The maximum atomic E-state index is 10.4. The van der Waals surface area contributed by atoms with Gasteiger partial charge < -0.3 is 4.55 Å². The Hall–Kier alpha value is 0.407. The van der Waals surface area contributed by atoms with Gasteiger partial charge >= 0.3 is 18.9 Å². The molecule has 0 aliphatic heterocycles. The van der Waals surface area contributed by atoms with Crippen LogP contribution in [0, 0.1) is 6.92 Å². The van der Waals surface area contributed by atoms with Crippen molar-refractivity contribution in [3.8, 4) is 0 Å². The third kappa shape index (κ3) is 2.22. The molecule has 1 rings (SSSR count). The first-order valence-corrected chi connectivity index (χ1v) is 4.40. The first kappa shape index (κ1) is 10.4. The topological polar surface area (TPSA) is 37.3 Å². The third-order valence-corrected chi connectivity index (χ3v) is 2.82. The summed E-state index contributed by atoms with van der Waals surface area (Å²) in [6.45, 7) is 1.82. The maximum absolute atomic E-state index is 10.4. The molecule has 0 bridgehead atoms. The van der Waals surface area contributed by atoms with Crippen molar-refractivity contribution in [3.63, 3.8) is 0 Å². The summed E-state index contributed by atoms with van der Waals surface area (Å²) in [5.74, 6) is 0. The van der Waals surface area contributed by atoms with E-state index in [2.05, 4.69) is 0 Å². The van der Waals surface area contributed by atoms with Crippen molar-refractivity contribution in [2.75, 3.05) is 0 Å². The summed E-state index contributed by atoms with van der Waals surface area (Å²) >= 11 is -0.358. The van der Waals surface area contributed by atoms with Crippen LogP contribution in [0.25, 0.3) is 0 Å². The van der Waals surface area contributed by atoms with Gasteiger partial charge in [-0.15, -0.1) is 0 Å². The van der Waals surface area contributed by atoms with Crippen LogP contribution in [0.4, 0.5) is 0 Å². The minimum atomic E-state index is -1.80. The molecule has 5 heteroatoms. The first-order valence-electron chi connectivity index (χ1n) is 2.35. The van der Waals surface area contributed by atoms with Crippen molar-refractivity contribution in [2.45, 2.75) is 11.8 Å². The molecule has 10 heavy (non-hydrogen) atoms. The molecule has 1 atom stereocenters. The molecule has 1 aromatic rings. The van der Waals surface area contributed by atoms with Crippen LogP contribution in [0.15, 0.2) is 15.7 Å². The van der Waals surface area contributed by atoms with Gasteiger partial charge in [-0.2, -0.15) is 11.3 Å². The molecule has 2 nitrogen and oxygen atoms in total. The van der Waals surface area contributed by atoms with Crippen molar-refractivity contribution < 1.29 is 8.76 Å². The van der Waals surface area contributed by atoms with Gasteiger partial charge in [0.2, 0.25) is 0 Å². The van der Waals surface area contributed by atoms with E-state index in [1.165, 1.54) is 11.3 Å². The van der Waals surface area contributed by atoms with Crippen LogP contribution in [0.3, 0.4) is 0 Å². The van der Waals surface area contributed by atoms with E-state index < -0.39 is 11.1 Å². The predicted molar refractivity (Wildman–Crippen MR) is 45.2 cm³/mol. The van der Waals surface area contributed by atoms with E-state index in [-0.39, 0.29) is 18.9 Å². The van der Waals surface area contributed by atoms with Crippen molar-refractivity contribution in [2.24, 2.45) is 0 Å². The molecule has 0 fully saturated rings. The van der Waals surface area contributed by atoms with Gasteiger partial charge in [-0.05, 0) is 17.9 Å². The minimum absolute atomic E-state index is 0. The molecule has 0 aromatic carbocycles. The third-order valence-electron chi connectivity index (χ3n) is 0.997. The van der Waals surface area contributed by atoms with Gasteiger partial charge in [0.1, 0.15) is 0 Å². The summed E-state index contributed by atoms with van der Waals surface area (Å²) in [5, 5.41) is 3.54. The van der Waals surface area contributed by atoms with Crippen molar-refractivity contribution >= 4 is 41.3 Å². The van der Waals surface area contributed by atoms with Crippen molar-refractivity contribution in [3.05, 3.63) is 16.3 Å². The number of rotatable bonds is 1. The van der Waals surface area contributed by atoms with Gasteiger partial charge in [-0.1, -0.05) is 0 Å². The fourth-order valence-corrected chi connectivity index (χ4v) is 2.14. The molecular formula is C5H7LiO2S2. The Morgan fingerprint density at radius 3 is 2.40 bits per heavy atom. The normalized spacial score (nSPS) is 12.2. The summed E-state index contributed by atoms with van der Waals surface area (Å²) in [6.07, 6.45) is 0. The zero-order chi connectivity index (χ0) is 6.85. The monoisotopic (exact) mass is 170 g/mol. The standard InChI is InChI=1S/C5H6O2S2.Li.H/c1-4-2-8-3-5(4)9(6)7;;/h2-3H,1H3,(H,6,7);;. The molecule has 1 aromatic heterocycles. The molecule has 0 aliphatic carbocycles. The second-order valence-corrected chi connectivity index (χ2v) is 3.35. The van der Waals surface area contributed by atoms with Crippen molar-refractivity contribution in [1.82, 2.24) is 0 Å². The summed E-state index contributed by atoms with van der Waals surface area (Å²) in [4.78, 5) is 0.528. The van der Waals surface area contributed by atoms with Crippen LogP contribution in [-0.2, 0) is 11.1 Å². The summed E-state index contributed by atoms with van der Waals surface area (Å²) in [5.41, 5.74) is 0.890. The van der Waals surface area contributed by atoms with E-state index in [1.807, 2.05) is 12.3 Å². The average molecular weight is 170 g/mol. The van der Waals surface area contributed by atoms with Crippen LogP contribution >= 0.6 is 11.3 Å². The van der Waals surface area contributed by atoms with Crippen molar-refractivity contribution in [1.29, 1.82) is 0 Å². The molecule has 52 valence electrons. The van der Waals surface area contributed by atoms with Crippen LogP contribution in [-0.4, -0.2) is 27.6 Å². The van der Waals surface area contributed by atoms with E-state index >= 15 is 0 Å². The van der Waals surface area contributed by atoms with Crippen LogP contribution < -0.4 is 0 Å². The van der Waals surface area contributed by atoms with Gasteiger partial charge in [-0.3, -0.25) is 0 Å². The summed E-state index contributed by atoms with van der Waals surface area (Å²) in [6, 6.07) is 0. The quantitative estimate of drug-likeness (QED) is 0.504. The molecule has 0 saturated heterocycles. The molecule has 1 N–H and O–H groups in total.